The van der Waals surface area contributed by atoms with Crippen molar-refractivity contribution in [1.82, 2.24) is 19.7 Å². The van der Waals surface area contributed by atoms with Crippen LogP contribution in [0.5, 0.6) is 5.75 Å². The van der Waals surface area contributed by atoms with Gasteiger partial charge in [0.2, 0.25) is 0 Å². The van der Waals surface area contributed by atoms with E-state index < -0.39 is 0 Å². The minimum absolute atomic E-state index is 0.0293. The first-order chi connectivity index (χ1) is 15.2. The fourth-order valence-electron chi connectivity index (χ4n) is 2.99. The predicted octanol–water partition coefficient (Wildman–Crippen LogP) is 5.47. The molecule has 0 fully saturated rings. The van der Waals surface area contributed by atoms with Crippen LogP contribution >= 0.6 is 27.7 Å². The number of hydrogen-bond donors (Lipinski definition) is 0. The molecule has 156 valence electrons. The van der Waals surface area contributed by atoms with Crippen LogP contribution in [-0.4, -0.2) is 37.9 Å². The van der Waals surface area contributed by atoms with Gasteiger partial charge in [-0.05, 0) is 55.5 Å². The lowest BCUT2D eigenvalue weighted by Crippen LogP contribution is -2.05. The number of halogens is 1. The zero-order valence-corrected chi connectivity index (χ0v) is 19.1. The van der Waals surface area contributed by atoms with Gasteiger partial charge in [0, 0.05) is 33.7 Å². The molecule has 6 nitrogen and oxygen atoms in total. The summed E-state index contributed by atoms with van der Waals surface area (Å²) >= 11 is 4.75. The van der Waals surface area contributed by atoms with Crippen LogP contribution in [-0.2, 0) is 0 Å². The smallest absolute Gasteiger partial charge is 0.196 e. The van der Waals surface area contributed by atoms with Gasteiger partial charge in [-0.15, -0.1) is 10.2 Å². The van der Waals surface area contributed by atoms with Gasteiger partial charge < -0.3 is 4.74 Å². The number of Topliss-reactive ketones (excluding diaryl/α,β-unsaturated/α-hetero) is 1. The van der Waals surface area contributed by atoms with Crippen LogP contribution in [0.15, 0.2) is 82.7 Å². The molecule has 0 aliphatic carbocycles. The van der Waals surface area contributed by atoms with E-state index in [0.717, 1.165) is 21.5 Å². The van der Waals surface area contributed by atoms with Gasteiger partial charge in [-0.25, -0.2) is 0 Å². The first-order valence-electron chi connectivity index (χ1n) is 9.66. The van der Waals surface area contributed by atoms with E-state index in [1.807, 2.05) is 72.2 Å². The number of pyridine rings is 1. The average Bonchev–Trinajstić information content (AvgIpc) is 3.23. The third-order valence-electron chi connectivity index (χ3n) is 4.46. The Morgan fingerprint density at radius 1 is 1.06 bits per heavy atom. The number of ketones is 1. The molecule has 0 aliphatic rings. The zero-order valence-electron chi connectivity index (χ0n) is 16.7. The fraction of sp³-hybridized carbons (Fsp3) is 0.130. The number of aromatic nitrogens is 4. The Labute approximate surface area is 192 Å². The lowest BCUT2D eigenvalue weighted by atomic mass is 10.2. The molecule has 2 heterocycles. The van der Waals surface area contributed by atoms with Crippen molar-refractivity contribution in [3.05, 3.63) is 83.1 Å². The number of hydrogen-bond acceptors (Lipinski definition) is 6. The molecule has 0 saturated carbocycles. The van der Waals surface area contributed by atoms with Crippen LogP contribution in [0.2, 0.25) is 0 Å². The second-order valence-corrected chi connectivity index (χ2v) is 8.39. The van der Waals surface area contributed by atoms with Crippen molar-refractivity contribution >= 4 is 33.5 Å². The van der Waals surface area contributed by atoms with Gasteiger partial charge in [0.05, 0.1) is 12.4 Å². The molecule has 2 aromatic heterocycles. The Bertz CT molecular complexity index is 1160. The topological polar surface area (TPSA) is 69.9 Å². The van der Waals surface area contributed by atoms with Crippen molar-refractivity contribution in [3.63, 3.8) is 0 Å². The molecular weight excluding hydrogens is 476 g/mol. The van der Waals surface area contributed by atoms with E-state index in [1.165, 1.54) is 11.8 Å². The van der Waals surface area contributed by atoms with Gasteiger partial charge >= 0.3 is 0 Å². The molecule has 8 heteroatoms. The van der Waals surface area contributed by atoms with Crippen molar-refractivity contribution in [3.8, 4) is 22.8 Å². The Morgan fingerprint density at radius 3 is 2.52 bits per heavy atom. The van der Waals surface area contributed by atoms with Gasteiger partial charge in [0.1, 0.15) is 5.75 Å². The van der Waals surface area contributed by atoms with Crippen LogP contribution in [0.1, 0.15) is 17.3 Å². The van der Waals surface area contributed by atoms with E-state index in [9.17, 15) is 4.79 Å². The fourth-order valence-corrected chi connectivity index (χ4v) is 4.10. The third-order valence-corrected chi connectivity index (χ3v) is 5.92. The highest BCUT2D eigenvalue weighted by molar-refractivity contribution is 9.10. The van der Waals surface area contributed by atoms with Crippen LogP contribution in [0.4, 0.5) is 0 Å². The van der Waals surface area contributed by atoms with Crippen LogP contribution < -0.4 is 4.74 Å². The van der Waals surface area contributed by atoms with E-state index in [-0.39, 0.29) is 11.5 Å². The molecule has 4 aromatic rings. The van der Waals surface area contributed by atoms with Crippen LogP contribution in [0.25, 0.3) is 17.1 Å². The lowest BCUT2D eigenvalue weighted by molar-refractivity contribution is 0.102. The monoisotopic (exact) mass is 494 g/mol. The molecule has 0 N–H and O–H groups in total. The highest BCUT2D eigenvalue weighted by Crippen LogP contribution is 2.29. The van der Waals surface area contributed by atoms with Crippen molar-refractivity contribution < 1.29 is 9.53 Å². The van der Waals surface area contributed by atoms with Crippen molar-refractivity contribution in [2.45, 2.75) is 12.1 Å². The number of ether oxygens (including phenoxy) is 1. The Balaban J connectivity index is 1.65. The van der Waals surface area contributed by atoms with Gasteiger partial charge in [0.25, 0.3) is 0 Å². The average molecular weight is 495 g/mol. The summed E-state index contributed by atoms with van der Waals surface area (Å²) in [5.74, 6) is 1.74. The quantitative estimate of drug-likeness (QED) is 0.239. The molecule has 0 spiro atoms. The number of benzene rings is 2. The molecule has 0 saturated heterocycles. The van der Waals surface area contributed by atoms with Crippen molar-refractivity contribution in [2.24, 2.45) is 0 Å². The maximum absolute atomic E-state index is 12.7. The van der Waals surface area contributed by atoms with Gasteiger partial charge in [-0.1, -0.05) is 39.8 Å². The standard InChI is InChI=1S/C23H19BrN4O2S/c1-2-30-20-11-9-19(10-12-20)28-22(17-4-3-13-25-14-17)26-27-23(28)31-15-21(29)16-5-7-18(24)8-6-16/h3-14H,2,15H2,1H3. The van der Waals surface area contributed by atoms with Gasteiger partial charge in [0.15, 0.2) is 16.8 Å². The third kappa shape index (κ3) is 5.03. The molecular formula is C23H19BrN4O2S. The van der Waals surface area contributed by atoms with E-state index in [2.05, 4.69) is 31.1 Å². The van der Waals surface area contributed by atoms with Crippen LogP contribution in [0, 0.1) is 0 Å². The summed E-state index contributed by atoms with van der Waals surface area (Å²) in [5, 5.41) is 9.38. The molecule has 31 heavy (non-hydrogen) atoms. The molecule has 0 amide bonds. The summed E-state index contributed by atoms with van der Waals surface area (Å²) in [7, 11) is 0. The molecule has 0 aliphatic heterocycles. The highest BCUT2D eigenvalue weighted by atomic mass is 79.9. The molecule has 0 unspecified atom stereocenters. The summed E-state index contributed by atoms with van der Waals surface area (Å²) in [5.41, 5.74) is 2.39. The first-order valence-corrected chi connectivity index (χ1v) is 11.4. The Kier molecular flexibility index (Phi) is 6.79. The van der Waals surface area contributed by atoms with E-state index in [4.69, 9.17) is 4.74 Å². The summed E-state index contributed by atoms with van der Waals surface area (Å²) in [6.07, 6.45) is 3.46. The van der Waals surface area contributed by atoms with Gasteiger partial charge in [-0.3, -0.25) is 14.3 Å². The second kappa shape index (κ2) is 9.89. The van der Waals surface area contributed by atoms with Gasteiger partial charge in [-0.2, -0.15) is 0 Å². The number of carbonyl (C=O) groups excluding carboxylic acids is 1. The van der Waals surface area contributed by atoms with Crippen molar-refractivity contribution in [1.29, 1.82) is 0 Å². The highest BCUT2D eigenvalue weighted by Gasteiger charge is 2.18. The summed E-state index contributed by atoms with van der Waals surface area (Å²) in [4.78, 5) is 16.8. The molecule has 0 radical (unpaired) electrons. The van der Waals surface area contributed by atoms with Crippen molar-refractivity contribution in [2.75, 3.05) is 12.4 Å². The first kappa shape index (κ1) is 21.3. The van der Waals surface area contributed by atoms with E-state index >= 15 is 0 Å². The predicted molar refractivity (Wildman–Crippen MR) is 125 cm³/mol. The number of thioether (sulfide) groups is 1. The minimum Gasteiger partial charge on any atom is -0.494 e. The normalized spacial score (nSPS) is 10.8. The largest absolute Gasteiger partial charge is 0.494 e. The van der Waals surface area contributed by atoms with E-state index in [1.54, 1.807) is 12.4 Å². The minimum atomic E-state index is 0.0293. The number of nitrogens with zero attached hydrogens (tertiary/aromatic N) is 4. The SMILES string of the molecule is CCOc1ccc(-n2c(SCC(=O)c3ccc(Br)cc3)nnc2-c2cccnc2)cc1. The summed E-state index contributed by atoms with van der Waals surface area (Å²) < 4.78 is 8.43. The second-order valence-electron chi connectivity index (χ2n) is 6.53. The zero-order chi connectivity index (χ0) is 21.6. The molecule has 2 aromatic carbocycles. The number of rotatable bonds is 8. The van der Waals surface area contributed by atoms with E-state index in [0.29, 0.717) is 23.2 Å². The molecule has 0 atom stereocenters. The Morgan fingerprint density at radius 2 is 1.84 bits per heavy atom. The lowest BCUT2D eigenvalue weighted by Gasteiger charge is -2.11. The molecule has 4 rings (SSSR count). The molecule has 0 bridgehead atoms. The maximum Gasteiger partial charge on any atom is 0.196 e. The van der Waals surface area contributed by atoms with Crippen LogP contribution in [0.3, 0.4) is 0 Å². The maximum atomic E-state index is 12.7. The Hall–Kier alpha value is -2.97. The summed E-state index contributed by atoms with van der Waals surface area (Å²) in [6.45, 7) is 2.55. The number of carbonyl (C=O) groups is 1. The summed E-state index contributed by atoms with van der Waals surface area (Å²) in [6, 6.07) is 18.9.